The molecule has 0 amide bonds. The predicted octanol–water partition coefficient (Wildman–Crippen LogP) is 4.28. The van der Waals surface area contributed by atoms with E-state index in [1.807, 2.05) is 13.1 Å². The molecule has 0 radical (unpaired) electrons. The van der Waals surface area contributed by atoms with Crippen molar-refractivity contribution >= 4 is 15.9 Å². The van der Waals surface area contributed by atoms with Crippen LogP contribution in [-0.2, 0) is 0 Å². The summed E-state index contributed by atoms with van der Waals surface area (Å²) in [6, 6.07) is 5.29. The lowest BCUT2D eigenvalue weighted by molar-refractivity contribution is 0.420. The second kappa shape index (κ2) is 6.36. The van der Waals surface area contributed by atoms with E-state index in [-0.39, 0.29) is 11.9 Å². The topological polar surface area (TPSA) is 12.0 Å². The molecule has 0 saturated heterocycles. The Morgan fingerprint density at radius 3 is 2.56 bits per heavy atom. The zero-order valence-corrected chi connectivity index (χ0v) is 11.6. The molecule has 0 heterocycles. The number of rotatable bonds is 5. The second-order valence-electron chi connectivity index (χ2n) is 4.29. The molecule has 2 unspecified atom stereocenters. The van der Waals surface area contributed by atoms with Gasteiger partial charge in [0.15, 0.2) is 0 Å². The quantitative estimate of drug-likeness (QED) is 0.852. The summed E-state index contributed by atoms with van der Waals surface area (Å²) in [5.74, 6) is 0.452. The molecule has 0 bridgehead atoms. The van der Waals surface area contributed by atoms with E-state index in [2.05, 4.69) is 35.1 Å². The smallest absolute Gasteiger partial charge is 0.124 e. The number of halogens is 2. The molecular formula is C13H19BrFN. The van der Waals surface area contributed by atoms with Gasteiger partial charge in [-0.05, 0) is 43.1 Å². The van der Waals surface area contributed by atoms with E-state index < -0.39 is 0 Å². The molecule has 16 heavy (non-hydrogen) atoms. The predicted molar refractivity (Wildman–Crippen MR) is 70.0 cm³/mol. The summed E-state index contributed by atoms with van der Waals surface area (Å²) in [5, 5.41) is 3.25. The fourth-order valence-corrected chi connectivity index (χ4v) is 2.25. The molecule has 0 saturated carbocycles. The molecule has 0 spiro atoms. The van der Waals surface area contributed by atoms with Crippen LogP contribution >= 0.6 is 15.9 Å². The highest BCUT2D eigenvalue weighted by Gasteiger charge is 2.13. The fraction of sp³-hybridized carbons (Fsp3) is 0.538. The maximum atomic E-state index is 13.3. The third kappa shape index (κ3) is 3.87. The van der Waals surface area contributed by atoms with Crippen molar-refractivity contribution in [2.75, 3.05) is 7.05 Å². The molecule has 1 rings (SSSR count). The summed E-state index contributed by atoms with van der Waals surface area (Å²) in [7, 11) is 1.92. The molecule has 0 aromatic heterocycles. The van der Waals surface area contributed by atoms with E-state index in [0.29, 0.717) is 5.92 Å². The molecule has 0 aliphatic rings. The fourth-order valence-electron chi connectivity index (χ4n) is 1.77. The van der Waals surface area contributed by atoms with Crippen LogP contribution in [-0.4, -0.2) is 7.05 Å². The Morgan fingerprint density at radius 2 is 2.06 bits per heavy atom. The summed E-state index contributed by atoms with van der Waals surface area (Å²) in [6.45, 7) is 4.40. The molecule has 1 nitrogen and oxygen atoms in total. The van der Waals surface area contributed by atoms with E-state index in [0.717, 1.165) is 22.9 Å². The Morgan fingerprint density at radius 1 is 1.38 bits per heavy atom. The first kappa shape index (κ1) is 13.7. The number of hydrogen-bond acceptors (Lipinski definition) is 1. The van der Waals surface area contributed by atoms with E-state index in [1.54, 1.807) is 6.07 Å². The summed E-state index contributed by atoms with van der Waals surface area (Å²) < 4.78 is 14.1. The molecule has 0 aliphatic heterocycles. The second-order valence-corrected chi connectivity index (χ2v) is 5.21. The minimum absolute atomic E-state index is 0.186. The van der Waals surface area contributed by atoms with Gasteiger partial charge in [0, 0.05) is 10.5 Å². The number of nitrogens with one attached hydrogen (secondary N) is 1. The van der Waals surface area contributed by atoms with Crippen molar-refractivity contribution in [1.82, 2.24) is 5.32 Å². The molecule has 1 aromatic rings. The summed E-state index contributed by atoms with van der Waals surface area (Å²) in [5.41, 5.74) is 1.01. The van der Waals surface area contributed by atoms with Crippen molar-refractivity contribution in [3.05, 3.63) is 34.1 Å². The Bertz CT molecular complexity index is 320. The zero-order chi connectivity index (χ0) is 12.1. The highest BCUT2D eigenvalue weighted by molar-refractivity contribution is 9.10. The van der Waals surface area contributed by atoms with Crippen LogP contribution in [0.1, 0.15) is 38.3 Å². The van der Waals surface area contributed by atoms with Crippen molar-refractivity contribution in [3.8, 4) is 0 Å². The maximum absolute atomic E-state index is 13.3. The maximum Gasteiger partial charge on any atom is 0.124 e. The lowest BCUT2D eigenvalue weighted by atomic mass is 9.94. The van der Waals surface area contributed by atoms with Crippen LogP contribution in [0.3, 0.4) is 0 Å². The number of hydrogen-bond donors (Lipinski definition) is 1. The van der Waals surface area contributed by atoms with Crippen molar-refractivity contribution in [3.63, 3.8) is 0 Å². The molecular weight excluding hydrogens is 269 g/mol. The van der Waals surface area contributed by atoms with Crippen LogP contribution in [0.4, 0.5) is 4.39 Å². The zero-order valence-electron chi connectivity index (χ0n) is 10.1. The van der Waals surface area contributed by atoms with Gasteiger partial charge in [-0.1, -0.05) is 36.2 Å². The average molecular weight is 288 g/mol. The Labute approximate surface area is 106 Å². The number of benzene rings is 1. The normalized spacial score (nSPS) is 14.8. The summed E-state index contributed by atoms with van der Waals surface area (Å²) in [4.78, 5) is 0. The van der Waals surface area contributed by atoms with E-state index in [1.165, 1.54) is 6.07 Å². The molecule has 1 aromatic carbocycles. The van der Waals surface area contributed by atoms with Gasteiger partial charge in [-0.3, -0.25) is 0 Å². The first-order valence-corrected chi connectivity index (χ1v) is 6.49. The van der Waals surface area contributed by atoms with Crippen LogP contribution in [0.15, 0.2) is 22.7 Å². The SMILES string of the molecule is CCC(C)CC(NC)c1cc(F)cc(Br)c1. The van der Waals surface area contributed by atoms with Crippen molar-refractivity contribution in [2.45, 2.75) is 32.7 Å². The van der Waals surface area contributed by atoms with Crippen LogP contribution in [0, 0.1) is 11.7 Å². The van der Waals surface area contributed by atoms with Gasteiger partial charge in [-0.25, -0.2) is 4.39 Å². The van der Waals surface area contributed by atoms with Gasteiger partial charge in [0.05, 0.1) is 0 Å². The standard InChI is InChI=1S/C13H19BrFN/c1-4-9(2)5-13(16-3)10-6-11(14)8-12(15)7-10/h6-9,13,16H,4-5H2,1-3H3. The molecule has 1 N–H and O–H groups in total. The van der Waals surface area contributed by atoms with Gasteiger partial charge in [0.1, 0.15) is 5.82 Å². The third-order valence-corrected chi connectivity index (χ3v) is 3.43. The van der Waals surface area contributed by atoms with Crippen molar-refractivity contribution in [1.29, 1.82) is 0 Å². The average Bonchev–Trinajstić information content (AvgIpc) is 2.24. The lowest BCUT2D eigenvalue weighted by Crippen LogP contribution is -2.19. The monoisotopic (exact) mass is 287 g/mol. The molecule has 0 aliphatic carbocycles. The lowest BCUT2D eigenvalue weighted by Gasteiger charge is -2.20. The van der Waals surface area contributed by atoms with Gasteiger partial charge in [-0.15, -0.1) is 0 Å². The summed E-state index contributed by atoms with van der Waals surface area (Å²) >= 11 is 3.33. The highest BCUT2D eigenvalue weighted by Crippen LogP contribution is 2.26. The van der Waals surface area contributed by atoms with Gasteiger partial charge in [0.2, 0.25) is 0 Å². The van der Waals surface area contributed by atoms with E-state index in [9.17, 15) is 4.39 Å². The van der Waals surface area contributed by atoms with Crippen LogP contribution in [0.5, 0.6) is 0 Å². The molecule has 3 heteroatoms. The summed E-state index contributed by atoms with van der Waals surface area (Å²) in [6.07, 6.45) is 2.18. The van der Waals surface area contributed by atoms with Gasteiger partial charge >= 0.3 is 0 Å². The Hall–Kier alpha value is -0.410. The van der Waals surface area contributed by atoms with Crippen LogP contribution < -0.4 is 5.32 Å². The Kier molecular flexibility index (Phi) is 5.42. The van der Waals surface area contributed by atoms with Crippen LogP contribution in [0.25, 0.3) is 0 Å². The largest absolute Gasteiger partial charge is 0.313 e. The van der Waals surface area contributed by atoms with Crippen molar-refractivity contribution in [2.24, 2.45) is 5.92 Å². The van der Waals surface area contributed by atoms with Crippen LogP contribution in [0.2, 0.25) is 0 Å². The Balaban J connectivity index is 2.86. The van der Waals surface area contributed by atoms with Gasteiger partial charge < -0.3 is 5.32 Å². The first-order valence-electron chi connectivity index (χ1n) is 5.70. The first-order chi connectivity index (χ1) is 7.56. The molecule has 0 fully saturated rings. The minimum atomic E-state index is -0.186. The molecule has 2 atom stereocenters. The van der Waals surface area contributed by atoms with Gasteiger partial charge in [-0.2, -0.15) is 0 Å². The minimum Gasteiger partial charge on any atom is -0.313 e. The van der Waals surface area contributed by atoms with Crippen molar-refractivity contribution < 1.29 is 4.39 Å². The van der Waals surface area contributed by atoms with E-state index >= 15 is 0 Å². The molecule has 90 valence electrons. The highest BCUT2D eigenvalue weighted by atomic mass is 79.9. The third-order valence-electron chi connectivity index (χ3n) is 2.97. The van der Waals surface area contributed by atoms with E-state index in [4.69, 9.17) is 0 Å². The van der Waals surface area contributed by atoms with Gasteiger partial charge in [0.25, 0.3) is 0 Å².